The van der Waals surface area contributed by atoms with Gasteiger partial charge in [-0.3, -0.25) is 4.79 Å². The quantitative estimate of drug-likeness (QED) is 0.748. The predicted molar refractivity (Wildman–Crippen MR) is 57.2 cm³/mol. The third-order valence-corrected chi connectivity index (χ3v) is 2.16. The van der Waals surface area contributed by atoms with E-state index in [1.165, 1.54) is 28.1 Å². The molecule has 2 aromatic heterocycles. The van der Waals surface area contributed by atoms with E-state index >= 15 is 0 Å². The molecule has 0 aromatic carbocycles. The van der Waals surface area contributed by atoms with E-state index < -0.39 is 0 Å². The minimum atomic E-state index is -0.127. The Balaban J connectivity index is 2.43. The summed E-state index contributed by atoms with van der Waals surface area (Å²) in [5, 5.41) is 8.75. The average Bonchev–Trinajstić information content (AvgIpc) is 2.75. The third-order valence-electron chi connectivity index (χ3n) is 1.80. The number of hydrogen-bond acceptors (Lipinski definition) is 4. The molecule has 0 bridgehead atoms. The minimum Gasteiger partial charge on any atom is -0.268 e. The van der Waals surface area contributed by atoms with E-state index in [-0.39, 0.29) is 5.56 Å². The van der Waals surface area contributed by atoms with Gasteiger partial charge >= 0.3 is 0 Å². The van der Waals surface area contributed by atoms with Gasteiger partial charge in [0.15, 0.2) is 5.82 Å². The highest BCUT2D eigenvalue weighted by Gasteiger charge is 2.02. The van der Waals surface area contributed by atoms with Crippen molar-refractivity contribution >= 4 is 15.9 Å². The van der Waals surface area contributed by atoms with Crippen molar-refractivity contribution in [2.75, 3.05) is 5.33 Å². The summed E-state index contributed by atoms with van der Waals surface area (Å²) in [6.45, 7) is 0.529. The summed E-state index contributed by atoms with van der Waals surface area (Å²) in [7, 11) is 0. The molecule has 2 heterocycles. The molecular formula is C8H8BrN5O. The van der Waals surface area contributed by atoms with E-state index in [4.69, 9.17) is 0 Å². The molecule has 0 aliphatic rings. The fourth-order valence-electron chi connectivity index (χ4n) is 1.13. The smallest absolute Gasteiger partial charge is 0.266 e. The molecule has 0 saturated heterocycles. The second kappa shape index (κ2) is 4.35. The van der Waals surface area contributed by atoms with Gasteiger partial charge < -0.3 is 0 Å². The van der Waals surface area contributed by atoms with Crippen LogP contribution >= 0.6 is 15.9 Å². The lowest BCUT2D eigenvalue weighted by Gasteiger charge is -2.03. The lowest BCUT2D eigenvalue weighted by molar-refractivity contribution is 0.605. The van der Waals surface area contributed by atoms with Crippen molar-refractivity contribution in [3.05, 3.63) is 35.1 Å². The van der Waals surface area contributed by atoms with Crippen molar-refractivity contribution in [2.45, 2.75) is 6.54 Å². The van der Waals surface area contributed by atoms with Gasteiger partial charge in [-0.15, -0.1) is 5.10 Å². The van der Waals surface area contributed by atoms with Crippen molar-refractivity contribution in [1.82, 2.24) is 24.5 Å². The first-order chi connectivity index (χ1) is 7.31. The summed E-state index contributed by atoms with van der Waals surface area (Å²) in [6.07, 6.45) is 2.95. The van der Waals surface area contributed by atoms with E-state index in [9.17, 15) is 4.79 Å². The molecule has 0 N–H and O–H groups in total. The first-order valence-corrected chi connectivity index (χ1v) is 5.42. The molecule has 0 amide bonds. The van der Waals surface area contributed by atoms with Crippen LogP contribution in [0.15, 0.2) is 29.6 Å². The summed E-state index contributed by atoms with van der Waals surface area (Å²) in [6, 6.07) is 3.08. The first kappa shape index (κ1) is 10.0. The molecule has 0 unspecified atom stereocenters. The standard InChI is InChI=1S/C8H8BrN5O/c9-3-4-13-8(15)2-1-7(12-13)14-6-10-5-11-14/h1-2,5-6H,3-4H2. The normalized spacial score (nSPS) is 10.5. The summed E-state index contributed by atoms with van der Waals surface area (Å²) < 4.78 is 2.88. The van der Waals surface area contributed by atoms with E-state index in [1.807, 2.05) is 0 Å². The highest BCUT2D eigenvalue weighted by atomic mass is 79.9. The molecule has 2 rings (SSSR count). The molecule has 0 fully saturated rings. The van der Waals surface area contributed by atoms with Gasteiger partial charge in [-0.25, -0.2) is 14.3 Å². The zero-order chi connectivity index (χ0) is 10.7. The molecular weight excluding hydrogens is 262 g/mol. The van der Waals surface area contributed by atoms with Crippen LogP contribution in [0.2, 0.25) is 0 Å². The fourth-order valence-corrected chi connectivity index (χ4v) is 1.46. The summed E-state index contributed by atoms with van der Waals surface area (Å²) >= 11 is 3.26. The maximum Gasteiger partial charge on any atom is 0.266 e. The Morgan fingerprint density at radius 2 is 2.27 bits per heavy atom. The zero-order valence-corrected chi connectivity index (χ0v) is 9.33. The Labute approximate surface area is 93.7 Å². The van der Waals surface area contributed by atoms with Crippen LogP contribution in [0.5, 0.6) is 0 Å². The molecule has 0 spiro atoms. The second-order valence-corrected chi connectivity index (χ2v) is 3.57. The maximum atomic E-state index is 11.4. The van der Waals surface area contributed by atoms with E-state index in [1.54, 1.807) is 6.07 Å². The van der Waals surface area contributed by atoms with Crippen molar-refractivity contribution in [2.24, 2.45) is 0 Å². The van der Waals surface area contributed by atoms with Gasteiger partial charge in [0, 0.05) is 11.4 Å². The van der Waals surface area contributed by atoms with Crippen LogP contribution in [0.1, 0.15) is 0 Å². The van der Waals surface area contributed by atoms with Gasteiger partial charge in [0.1, 0.15) is 12.7 Å². The Hall–Kier alpha value is -1.50. The third kappa shape index (κ3) is 2.12. The van der Waals surface area contributed by atoms with E-state index in [0.29, 0.717) is 17.7 Å². The number of alkyl halides is 1. The van der Waals surface area contributed by atoms with E-state index in [0.717, 1.165) is 0 Å². The van der Waals surface area contributed by atoms with Gasteiger partial charge in [-0.2, -0.15) is 5.10 Å². The van der Waals surface area contributed by atoms with Gasteiger partial charge in [-0.05, 0) is 6.07 Å². The lowest BCUT2D eigenvalue weighted by Crippen LogP contribution is -2.24. The number of hydrogen-bond donors (Lipinski definition) is 0. The molecule has 0 radical (unpaired) electrons. The summed E-state index contributed by atoms with van der Waals surface area (Å²) in [4.78, 5) is 15.2. The van der Waals surface area contributed by atoms with E-state index in [2.05, 4.69) is 31.1 Å². The highest BCUT2D eigenvalue weighted by molar-refractivity contribution is 9.09. The molecule has 2 aromatic rings. The summed E-state index contributed by atoms with van der Waals surface area (Å²) in [5.74, 6) is 0.577. The van der Waals surface area contributed by atoms with Crippen molar-refractivity contribution in [3.8, 4) is 5.82 Å². The average molecular weight is 270 g/mol. The first-order valence-electron chi connectivity index (χ1n) is 4.30. The number of aromatic nitrogens is 5. The fraction of sp³-hybridized carbons (Fsp3) is 0.250. The Morgan fingerprint density at radius 1 is 1.40 bits per heavy atom. The topological polar surface area (TPSA) is 65.6 Å². The van der Waals surface area contributed by atoms with Gasteiger partial charge in [-0.1, -0.05) is 15.9 Å². The van der Waals surface area contributed by atoms with Crippen molar-refractivity contribution < 1.29 is 0 Å². The highest BCUT2D eigenvalue weighted by Crippen LogP contribution is 1.96. The van der Waals surface area contributed by atoms with Crippen molar-refractivity contribution in [1.29, 1.82) is 0 Å². The lowest BCUT2D eigenvalue weighted by atomic mass is 10.5. The molecule has 6 nitrogen and oxygen atoms in total. The summed E-state index contributed by atoms with van der Waals surface area (Å²) in [5.41, 5.74) is -0.127. The maximum absolute atomic E-state index is 11.4. The molecule has 0 atom stereocenters. The Kier molecular flexibility index (Phi) is 2.91. The molecule has 78 valence electrons. The molecule has 15 heavy (non-hydrogen) atoms. The van der Waals surface area contributed by atoms with Crippen LogP contribution in [0.4, 0.5) is 0 Å². The monoisotopic (exact) mass is 269 g/mol. The van der Waals surface area contributed by atoms with Crippen LogP contribution < -0.4 is 5.56 Å². The number of halogens is 1. The minimum absolute atomic E-state index is 0.127. The molecule has 0 saturated carbocycles. The predicted octanol–water partition coefficient (Wildman–Crippen LogP) is 0.219. The Bertz CT molecular complexity index is 492. The zero-order valence-electron chi connectivity index (χ0n) is 7.75. The molecule has 7 heteroatoms. The molecule has 0 aliphatic heterocycles. The van der Waals surface area contributed by atoms with Crippen LogP contribution in [0.25, 0.3) is 5.82 Å². The van der Waals surface area contributed by atoms with Gasteiger partial charge in [0.25, 0.3) is 5.56 Å². The SMILES string of the molecule is O=c1ccc(-n2cncn2)nn1CCBr. The number of rotatable bonds is 3. The van der Waals surface area contributed by atoms with Gasteiger partial charge in [0.2, 0.25) is 0 Å². The van der Waals surface area contributed by atoms with Crippen LogP contribution in [-0.4, -0.2) is 29.9 Å². The number of aryl methyl sites for hydroxylation is 1. The van der Waals surface area contributed by atoms with Crippen LogP contribution in [-0.2, 0) is 6.54 Å². The van der Waals surface area contributed by atoms with Gasteiger partial charge in [0.05, 0.1) is 6.54 Å². The second-order valence-electron chi connectivity index (χ2n) is 2.78. The molecule has 0 aliphatic carbocycles. The van der Waals surface area contributed by atoms with Crippen LogP contribution in [0, 0.1) is 0 Å². The number of nitrogens with zero attached hydrogens (tertiary/aromatic N) is 5. The Morgan fingerprint density at radius 3 is 2.93 bits per heavy atom. The van der Waals surface area contributed by atoms with Crippen LogP contribution in [0.3, 0.4) is 0 Å². The van der Waals surface area contributed by atoms with Crippen molar-refractivity contribution in [3.63, 3.8) is 0 Å². The largest absolute Gasteiger partial charge is 0.268 e.